The normalized spacial score (nSPS) is 18.6. The maximum atomic E-state index is 13.5. The van der Waals surface area contributed by atoms with E-state index in [1.54, 1.807) is 49.6 Å². The highest BCUT2D eigenvalue weighted by Crippen LogP contribution is 2.28. The monoisotopic (exact) mass is 337 g/mol. The minimum Gasteiger partial charge on any atom is -0.381 e. The fourth-order valence-corrected chi connectivity index (χ4v) is 2.78. The summed E-state index contributed by atoms with van der Waals surface area (Å²) in [6.07, 6.45) is 2.34. The molecule has 1 amide bonds. The molecule has 0 heterocycles. The molecule has 2 aromatic rings. The Morgan fingerprint density at radius 3 is 2.56 bits per heavy atom. The minimum absolute atomic E-state index is 0.0884. The quantitative estimate of drug-likeness (QED) is 0.869. The lowest BCUT2D eigenvalue weighted by Crippen LogP contribution is -2.39. The first kappa shape index (κ1) is 17.2. The summed E-state index contributed by atoms with van der Waals surface area (Å²) in [6, 6.07) is 13.4. The van der Waals surface area contributed by atoms with Crippen LogP contribution >= 0.6 is 0 Å². The molecule has 1 N–H and O–H groups in total. The van der Waals surface area contributed by atoms with Gasteiger partial charge >= 0.3 is 0 Å². The maximum Gasteiger partial charge on any atom is 0.251 e. The third-order valence-corrected chi connectivity index (χ3v) is 4.44. The lowest BCUT2D eigenvalue weighted by molar-refractivity contribution is 0.00179. The van der Waals surface area contributed by atoms with E-state index < -0.39 is 0 Å². The van der Waals surface area contributed by atoms with Crippen LogP contribution in [0.3, 0.4) is 0 Å². The van der Waals surface area contributed by atoms with E-state index in [1.165, 1.54) is 6.07 Å². The maximum absolute atomic E-state index is 13.5. The predicted molar refractivity (Wildman–Crippen MR) is 94.7 cm³/mol. The van der Waals surface area contributed by atoms with Crippen LogP contribution in [0.1, 0.15) is 34.3 Å². The third kappa shape index (κ3) is 4.46. The van der Waals surface area contributed by atoms with Crippen LogP contribution in [0.15, 0.2) is 48.5 Å². The van der Waals surface area contributed by atoms with Crippen molar-refractivity contribution in [3.8, 4) is 11.8 Å². The number of halogens is 1. The second-order valence-electron chi connectivity index (χ2n) is 6.21. The molecule has 0 bridgehead atoms. The van der Waals surface area contributed by atoms with Gasteiger partial charge in [0.25, 0.3) is 5.91 Å². The standard InChI is InChI=1S/C21H20FNO2/c1-25-19-12-16(13-19)14-23-21(24)18-10-7-15(8-11-18)6-9-17-4-2-3-5-20(17)22/h2-5,7-8,10-11,16,19H,12-14H2,1H3,(H,23,24)/t16-,19-. The van der Waals surface area contributed by atoms with Crippen molar-refractivity contribution in [2.75, 3.05) is 13.7 Å². The van der Waals surface area contributed by atoms with Gasteiger partial charge in [-0.25, -0.2) is 4.39 Å². The highest BCUT2D eigenvalue weighted by molar-refractivity contribution is 5.94. The van der Waals surface area contributed by atoms with Gasteiger partial charge in [-0.2, -0.15) is 0 Å². The van der Waals surface area contributed by atoms with E-state index in [1.807, 2.05) is 0 Å². The number of methoxy groups -OCH3 is 1. The van der Waals surface area contributed by atoms with Gasteiger partial charge in [0, 0.05) is 24.8 Å². The van der Waals surface area contributed by atoms with Gasteiger partial charge < -0.3 is 10.1 Å². The Hall–Kier alpha value is -2.64. The summed E-state index contributed by atoms with van der Waals surface area (Å²) in [5.74, 6) is 5.79. The number of ether oxygens (including phenoxy) is 1. The largest absolute Gasteiger partial charge is 0.381 e. The van der Waals surface area contributed by atoms with E-state index in [-0.39, 0.29) is 11.7 Å². The van der Waals surface area contributed by atoms with Crippen LogP contribution in [-0.2, 0) is 4.74 Å². The Labute approximate surface area is 147 Å². The van der Waals surface area contributed by atoms with Crippen LogP contribution in [0.2, 0.25) is 0 Å². The summed E-state index contributed by atoms with van der Waals surface area (Å²) < 4.78 is 18.8. The SMILES string of the molecule is CO[C@H]1C[C@H](CNC(=O)c2ccc(C#Cc3ccccc3F)cc2)C1. The topological polar surface area (TPSA) is 38.3 Å². The zero-order chi connectivity index (χ0) is 17.6. The predicted octanol–water partition coefficient (Wildman–Crippen LogP) is 3.38. The molecule has 4 heteroatoms. The molecule has 0 aliphatic heterocycles. The second kappa shape index (κ2) is 7.96. The second-order valence-corrected chi connectivity index (χ2v) is 6.21. The van der Waals surface area contributed by atoms with Gasteiger partial charge in [0.2, 0.25) is 0 Å². The number of hydrogen-bond acceptors (Lipinski definition) is 2. The van der Waals surface area contributed by atoms with Crippen LogP contribution in [0.25, 0.3) is 0 Å². The number of hydrogen-bond donors (Lipinski definition) is 1. The van der Waals surface area contributed by atoms with Crippen LogP contribution in [0.4, 0.5) is 4.39 Å². The number of carbonyl (C=O) groups is 1. The molecule has 3 rings (SSSR count). The lowest BCUT2D eigenvalue weighted by atomic mass is 9.82. The first-order chi connectivity index (χ1) is 12.2. The highest BCUT2D eigenvalue weighted by atomic mass is 19.1. The summed E-state index contributed by atoms with van der Waals surface area (Å²) in [7, 11) is 1.72. The van der Waals surface area contributed by atoms with Crippen molar-refractivity contribution in [1.29, 1.82) is 0 Å². The number of rotatable bonds is 4. The first-order valence-corrected chi connectivity index (χ1v) is 8.33. The van der Waals surface area contributed by atoms with Crippen LogP contribution in [0, 0.1) is 23.6 Å². The molecule has 128 valence electrons. The van der Waals surface area contributed by atoms with Crippen LogP contribution in [0.5, 0.6) is 0 Å². The summed E-state index contributed by atoms with van der Waals surface area (Å²) in [6.45, 7) is 0.674. The van der Waals surface area contributed by atoms with Crippen molar-refractivity contribution in [3.05, 3.63) is 71.0 Å². The summed E-state index contributed by atoms with van der Waals surface area (Å²) in [5.41, 5.74) is 1.69. The van der Waals surface area contributed by atoms with Crippen molar-refractivity contribution in [2.24, 2.45) is 5.92 Å². The number of nitrogens with one attached hydrogen (secondary N) is 1. The third-order valence-electron chi connectivity index (χ3n) is 4.44. The van der Waals surface area contributed by atoms with Crippen molar-refractivity contribution in [3.63, 3.8) is 0 Å². The first-order valence-electron chi connectivity index (χ1n) is 8.33. The molecular formula is C21H20FNO2. The molecule has 1 aliphatic carbocycles. The summed E-state index contributed by atoms with van der Waals surface area (Å²) in [5, 5.41) is 2.95. The van der Waals surface area contributed by atoms with Gasteiger partial charge in [-0.1, -0.05) is 24.0 Å². The van der Waals surface area contributed by atoms with Gasteiger partial charge in [-0.15, -0.1) is 0 Å². The molecule has 3 nitrogen and oxygen atoms in total. The minimum atomic E-state index is -0.335. The van der Waals surface area contributed by atoms with Crippen molar-refractivity contribution in [2.45, 2.75) is 18.9 Å². The van der Waals surface area contributed by atoms with Crippen molar-refractivity contribution >= 4 is 5.91 Å². The summed E-state index contributed by atoms with van der Waals surface area (Å²) >= 11 is 0. The van der Waals surface area contributed by atoms with E-state index in [0.717, 1.165) is 18.4 Å². The molecule has 0 spiro atoms. The van der Waals surface area contributed by atoms with Crippen LogP contribution < -0.4 is 5.32 Å². The number of amides is 1. The van der Waals surface area contributed by atoms with Gasteiger partial charge in [-0.05, 0) is 55.2 Å². The molecule has 25 heavy (non-hydrogen) atoms. The highest BCUT2D eigenvalue weighted by Gasteiger charge is 2.28. The molecule has 1 aliphatic rings. The van der Waals surface area contributed by atoms with Gasteiger partial charge in [0.1, 0.15) is 5.82 Å². The van der Waals surface area contributed by atoms with E-state index in [9.17, 15) is 9.18 Å². The zero-order valence-electron chi connectivity index (χ0n) is 14.1. The molecular weight excluding hydrogens is 317 g/mol. The molecule has 0 unspecified atom stereocenters. The van der Waals surface area contributed by atoms with E-state index in [2.05, 4.69) is 17.2 Å². The lowest BCUT2D eigenvalue weighted by Gasteiger charge is -2.34. The van der Waals surface area contributed by atoms with Gasteiger partial charge in [-0.3, -0.25) is 4.79 Å². The number of benzene rings is 2. The average Bonchev–Trinajstić information content (AvgIpc) is 2.60. The molecule has 2 aromatic carbocycles. The van der Waals surface area contributed by atoms with Crippen LogP contribution in [-0.4, -0.2) is 25.7 Å². The Morgan fingerprint density at radius 2 is 1.88 bits per heavy atom. The molecule has 0 atom stereocenters. The number of carbonyl (C=O) groups excluding carboxylic acids is 1. The average molecular weight is 337 g/mol. The Balaban J connectivity index is 1.55. The zero-order valence-corrected chi connectivity index (χ0v) is 14.1. The summed E-state index contributed by atoms with van der Waals surface area (Å²) in [4.78, 5) is 12.1. The molecule has 0 saturated heterocycles. The smallest absolute Gasteiger partial charge is 0.251 e. The fourth-order valence-electron chi connectivity index (χ4n) is 2.78. The van der Waals surface area contributed by atoms with Crippen molar-refractivity contribution in [1.82, 2.24) is 5.32 Å². The Kier molecular flexibility index (Phi) is 5.47. The van der Waals surface area contributed by atoms with E-state index in [4.69, 9.17) is 4.74 Å². The van der Waals surface area contributed by atoms with Gasteiger partial charge in [0.15, 0.2) is 0 Å². The Bertz CT molecular complexity index is 799. The fraction of sp³-hybridized carbons (Fsp3) is 0.286. The molecule has 1 saturated carbocycles. The van der Waals surface area contributed by atoms with Crippen molar-refractivity contribution < 1.29 is 13.9 Å². The van der Waals surface area contributed by atoms with E-state index >= 15 is 0 Å². The van der Waals surface area contributed by atoms with Gasteiger partial charge in [0.05, 0.1) is 11.7 Å². The Morgan fingerprint density at radius 1 is 1.16 bits per heavy atom. The van der Waals surface area contributed by atoms with E-state index in [0.29, 0.717) is 29.7 Å². The molecule has 0 aromatic heterocycles. The molecule has 1 fully saturated rings. The molecule has 0 radical (unpaired) electrons.